The third kappa shape index (κ3) is 4.85. The number of hydrogen-bond donors (Lipinski definition) is 0. The lowest BCUT2D eigenvalue weighted by Crippen LogP contribution is -2.06. The monoisotopic (exact) mass is 410 g/mol. The van der Waals surface area contributed by atoms with E-state index in [4.69, 9.17) is 25.3 Å². The molecule has 0 aliphatic carbocycles. The van der Waals surface area contributed by atoms with Crippen molar-refractivity contribution in [2.24, 2.45) is 0 Å². The Labute approximate surface area is 170 Å². The van der Waals surface area contributed by atoms with E-state index in [-0.39, 0.29) is 25.3 Å². The molecule has 0 saturated carbocycles. The van der Waals surface area contributed by atoms with E-state index in [2.05, 4.69) is 20.3 Å². The van der Waals surface area contributed by atoms with E-state index in [9.17, 15) is 4.79 Å². The van der Waals surface area contributed by atoms with Crippen LogP contribution < -0.4 is 0 Å². The van der Waals surface area contributed by atoms with Crippen LogP contribution in [-0.4, -0.2) is 26.3 Å². The summed E-state index contributed by atoms with van der Waals surface area (Å²) < 4.78 is 15.8. The number of hydrogen-bond acceptors (Lipinski definition) is 8. The Morgan fingerprint density at radius 2 is 1.76 bits per heavy atom. The lowest BCUT2D eigenvalue weighted by atomic mass is 10.2. The third-order valence-corrected chi connectivity index (χ3v) is 4.21. The molecule has 146 valence electrons. The van der Waals surface area contributed by atoms with E-state index in [1.807, 2.05) is 30.3 Å². The largest absolute Gasteiger partial charge is 0.456 e. The van der Waals surface area contributed by atoms with Crippen LogP contribution in [0.1, 0.15) is 18.2 Å². The van der Waals surface area contributed by atoms with Crippen molar-refractivity contribution in [1.82, 2.24) is 20.3 Å². The number of carbonyl (C=O) groups excluding carboxylic acids is 1. The Morgan fingerprint density at radius 3 is 2.55 bits per heavy atom. The van der Waals surface area contributed by atoms with Crippen LogP contribution in [0.25, 0.3) is 22.8 Å². The molecule has 0 aliphatic rings. The van der Waals surface area contributed by atoms with E-state index < -0.39 is 5.97 Å². The highest BCUT2D eigenvalue weighted by Gasteiger charge is 2.13. The number of ether oxygens (including phenoxy) is 1. The van der Waals surface area contributed by atoms with Crippen LogP contribution in [0, 0.1) is 0 Å². The molecule has 0 bridgehead atoms. The molecule has 0 amide bonds. The van der Waals surface area contributed by atoms with Crippen LogP contribution >= 0.6 is 11.6 Å². The van der Waals surface area contributed by atoms with Gasteiger partial charge in [-0.25, -0.2) is 0 Å². The first-order chi connectivity index (χ1) is 14.2. The number of nitrogens with zero attached hydrogens (tertiary/aromatic N) is 4. The van der Waals surface area contributed by atoms with E-state index in [0.29, 0.717) is 22.6 Å². The van der Waals surface area contributed by atoms with Gasteiger partial charge in [-0.1, -0.05) is 35.0 Å². The summed E-state index contributed by atoms with van der Waals surface area (Å²) in [4.78, 5) is 16.2. The Morgan fingerprint density at radius 1 is 0.966 bits per heavy atom. The van der Waals surface area contributed by atoms with Gasteiger partial charge in [0.1, 0.15) is 0 Å². The van der Waals surface area contributed by atoms with Crippen LogP contribution in [0.4, 0.5) is 0 Å². The van der Waals surface area contributed by atoms with Crippen molar-refractivity contribution in [3.8, 4) is 22.8 Å². The van der Waals surface area contributed by atoms with Gasteiger partial charge in [-0.15, -0.1) is 10.2 Å². The Kier molecular flexibility index (Phi) is 5.62. The molecular weight excluding hydrogens is 396 g/mol. The number of benzene rings is 2. The smallest absolute Gasteiger partial charge is 0.306 e. The van der Waals surface area contributed by atoms with Crippen molar-refractivity contribution in [1.29, 1.82) is 0 Å². The summed E-state index contributed by atoms with van der Waals surface area (Å²) in [7, 11) is 0. The second-order valence-electron chi connectivity index (χ2n) is 6.05. The number of halogens is 1. The van der Waals surface area contributed by atoms with E-state index in [1.165, 1.54) is 0 Å². The number of esters is 1. The topological polar surface area (TPSA) is 104 Å². The van der Waals surface area contributed by atoms with Crippen LogP contribution in [-0.2, 0) is 22.6 Å². The molecule has 4 aromatic rings. The fourth-order valence-corrected chi connectivity index (χ4v) is 2.63. The van der Waals surface area contributed by atoms with Crippen molar-refractivity contribution in [3.63, 3.8) is 0 Å². The molecule has 0 saturated heterocycles. The molecule has 0 atom stereocenters. The van der Waals surface area contributed by atoms with Gasteiger partial charge >= 0.3 is 5.97 Å². The van der Waals surface area contributed by atoms with Gasteiger partial charge in [0.2, 0.25) is 17.6 Å². The van der Waals surface area contributed by atoms with Crippen LogP contribution in [0.3, 0.4) is 0 Å². The second kappa shape index (κ2) is 8.66. The fraction of sp³-hybridized carbons (Fsp3) is 0.150. The summed E-state index contributed by atoms with van der Waals surface area (Å²) in [6.45, 7) is -0.0987. The first kappa shape index (κ1) is 18.8. The average molecular weight is 411 g/mol. The fourth-order valence-electron chi connectivity index (χ4n) is 2.51. The minimum Gasteiger partial charge on any atom is -0.456 e. The third-order valence-electron chi connectivity index (χ3n) is 3.96. The zero-order chi connectivity index (χ0) is 20.1. The summed E-state index contributed by atoms with van der Waals surface area (Å²) in [5.41, 5.74) is 1.57. The molecule has 0 spiro atoms. The van der Waals surface area contributed by atoms with Gasteiger partial charge in [0, 0.05) is 22.6 Å². The van der Waals surface area contributed by atoms with Crippen molar-refractivity contribution in [2.45, 2.75) is 19.4 Å². The minimum absolute atomic E-state index is 0.0852. The summed E-state index contributed by atoms with van der Waals surface area (Å²) in [6, 6.07) is 16.4. The molecule has 2 aromatic carbocycles. The highest BCUT2D eigenvalue weighted by Crippen LogP contribution is 2.19. The molecule has 9 heteroatoms. The van der Waals surface area contributed by atoms with Gasteiger partial charge < -0.3 is 13.7 Å². The van der Waals surface area contributed by atoms with Gasteiger partial charge in [0.25, 0.3) is 5.89 Å². The molecule has 0 unspecified atom stereocenters. The first-order valence-corrected chi connectivity index (χ1v) is 9.17. The molecule has 2 heterocycles. The Balaban J connectivity index is 1.27. The molecule has 0 N–H and O–H groups in total. The van der Waals surface area contributed by atoms with Crippen LogP contribution in [0.15, 0.2) is 63.5 Å². The average Bonchev–Trinajstić information content (AvgIpc) is 3.42. The van der Waals surface area contributed by atoms with E-state index in [1.54, 1.807) is 24.3 Å². The van der Waals surface area contributed by atoms with Gasteiger partial charge in [0.05, 0.1) is 6.42 Å². The standard InChI is InChI=1S/C20H15ClN4O4/c21-15-8-6-13(7-9-15)19-22-16(29-25-19)10-11-18(26)27-12-17-23-24-20(28-17)14-4-2-1-3-5-14/h1-9H,10-12H2. The van der Waals surface area contributed by atoms with Gasteiger partial charge in [-0.05, 0) is 36.4 Å². The lowest BCUT2D eigenvalue weighted by molar-refractivity contribution is -0.145. The summed E-state index contributed by atoms with van der Waals surface area (Å²) in [6.07, 6.45) is 0.348. The van der Waals surface area contributed by atoms with Crippen molar-refractivity contribution >= 4 is 17.6 Å². The number of aryl methyl sites for hydroxylation is 1. The highest BCUT2D eigenvalue weighted by molar-refractivity contribution is 6.30. The molecule has 4 rings (SSSR count). The maximum atomic E-state index is 12.0. The second-order valence-corrected chi connectivity index (χ2v) is 6.48. The number of rotatable bonds is 7. The molecule has 2 aromatic heterocycles. The lowest BCUT2D eigenvalue weighted by Gasteiger charge is -2.00. The van der Waals surface area contributed by atoms with E-state index in [0.717, 1.165) is 11.1 Å². The zero-order valence-electron chi connectivity index (χ0n) is 15.1. The predicted octanol–water partition coefficient (Wildman–Crippen LogP) is 4.12. The van der Waals surface area contributed by atoms with Crippen molar-refractivity contribution in [3.05, 3.63) is 71.4 Å². The maximum absolute atomic E-state index is 12.0. The molecule has 0 fully saturated rings. The molecule has 29 heavy (non-hydrogen) atoms. The van der Waals surface area contributed by atoms with Gasteiger partial charge in [0.15, 0.2) is 6.61 Å². The van der Waals surface area contributed by atoms with E-state index >= 15 is 0 Å². The first-order valence-electron chi connectivity index (χ1n) is 8.79. The molecular formula is C20H15ClN4O4. The van der Waals surface area contributed by atoms with Crippen LogP contribution in [0.2, 0.25) is 5.02 Å². The zero-order valence-corrected chi connectivity index (χ0v) is 15.9. The van der Waals surface area contributed by atoms with Crippen molar-refractivity contribution < 1.29 is 18.5 Å². The molecule has 0 radical (unpaired) electrons. The Hall–Kier alpha value is -3.52. The maximum Gasteiger partial charge on any atom is 0.306 e. The van der Waals surface area contributed by atoms with Gasteiger partial charge in [-0.3, -0.25) is 4.79 Å². The quantitative estimate of drug-likeness (QED) is 0.419. The summed E-state index contributed by atoms with van der Waals surface area (Å²) >= 11 is 5.86. The normalized spacial score (nSPS) is 10.8. The van der Waals surface area contributed by atoms with Crippen molar-refractivity contribution in [2.75, 3.05) is 0 Å². The highest BCUT2D eigenvalue weighted by atomic mass is 35.5. The number of carbonyl (C=O) groups is 1. The minimum atomic E-state index is -0.435. The Bertz CT molecular complexity index is 1090. The molecule has 0 aliphatic heterocycles. The molecule has 8 nitrogen and oxygen atoms in total. The van der Waals surface area contributed by atoms with Crippen LogP contribution in [0.5, 0.6) is 0 Å². The van der Waals surface area contributed by atoms with Gasteiger partial charge in [-0.2, -0.15) is 4.98 Å². The summed E-state index contributed by atoms with van der Waals surface area (Å²) in [5, 5.41) is 12.4. The summed E-state index contributed by atoms with van der Waals surface area (Å²) in [5.74, 6) is 0.938. The SMILES string of the molecule is O=C(CCc1nc(-c2ccc(Cl)cc2)no1)OCc1nnc(-c2ccccc2)o1. The predicted molar refractivity (Wildman–Crippen MR) is 103 cm³/mol. The number of aromatic nitrogens is 4.